The monoisotopic (exact) mass is 555 g/mol. The highest BCUT2D eigenvalue weighted by Gasteiger charge is 2.18. The molecule has 0 bridgehead atoms. The van der Waals surface area contributed by atoms with Crippen molar-refractivity contribution in [1.29, 1.82) is 0 Å². The molecule has 4 rings (SSSR count). The van der Waals surface area contributed by atoms with Gasteiger partial charge in [0.05, 0.1) is 27.6 Å². The number of halogens is 1. The Hall–Kier alpha value is -2.88. The van der Waals surface area contributed by atoms with Crippen molar-refractivity contribution in [1.82, 2.24) is 4.98 Å². The first-order chi connectivity index (χ1) is 16.4. The number of nitrogens with zero attached hydrogens (tertiary/aromatic N) is 1. The Morgan fingerprint density at radius 2 is 1.79 bits per heavy atom. The minimum atomic E-state index is -0.332. The number of hydrogen-bond acceptors (Lipinski definition) is 6. The highest BCUT2D eigenvalue weighted by Crippen LogP contribution is 2.34. The molecular weight excluding hydrogens is 534 g/mol. The summed E-state index contributed by atoms with van der Waals surface area (Å²) in [6.07, 6.45) is 0. The van der Waals surface area contributed by atoms with Crippen molar-refractivity contribution < 1.29 is 14.3 Å². The number of thiazole rings is 1. The maximum Gasteiger partial charge on any atom is 0.256 e. The van der Waals surface area contributed by atoms with Crippen LogP contribution in [0.4, 0.5) is 11.4 Å². The van der Waals surface area contributed by atoms with E-state index in [0.29, 0.717) is 17.9 Å². The molecule has 9 heteroatoms. The van der Waals surface area contributed by atoms with Crippen molar-refractivity contribution in [3.05, 3.63) is 76.8 Å². The number of nitrogens with one attached hydrogen (secondary N) is 2. The van der Waals surface area contributed by atoms with Crippen LogP contribution in [0.25, 0.3) is 10.2 Å². The fourth-order valence-electron chi connectivity index (χ4n) is 3.13. The van der Waals surface area contributed by atoms with Crippen LogP contribution in [-0.4, -0.2) is 28.7 Å². The lowest BCUT2D eigenvalue weighted by Crippen LogP contribution is -2.22. The van der Waals surface area contributed by atoms with Gasteiger partial charge in [0.1, 0.15) is 5.75 Å². The Labute approximate surface area is 214 Å². The van der Waals surface area contributed by atoms with Crippen LogP contribution in [0.15, 0.2) is 75.5 Å². The van der Waals surface area contributed by atoms with Crippen LogP contribution in [0.1, 0.15) is 24.2 Å². The van der Waals surface area contributed by atoms with Gasteiger partial charge >= 0.3 is 0 Å². The molecule has 0 saturated heterocycles. The van der Waals surface area contributed by atoms with Gasteiger partial charge in [0.2, 0.25) is 5.91 Å². The zero-order chi connectivity index (χ0) is 24.1. The fraction of sp³-hybridized carbons (Fsp3) is 0.160. The topological polar surface area (TPSA) is 80.3 Å². The van der Waals surface area contributed by atoms with Gasteiger partial charge in [-0.1, -0.05) is 23.9 Å². The number of carbonyl (C=O) groups is 2. The molecule has 0 fully saturated rings. The molecule has 0 aliphatic heterocycles. The number of anilines is 2. The van der Waals surface area contributed by atoms with Crippen molar-refractivity contribution in [2.24, 2.45) is 0 Å². The largest absolute Gasteiger partial charge is 0.494 e. The summed E-state index contributed by atoms with van der Waals surface area (Å²) in [6, 6.07) is 20.2. The van der Waals surface area contributed by atoms with Crippen LogP contribution < -0.4 is 15.4 Å². The van der Waals surface area contributed by atoms with Crippen LogP contribution >= 0.6 is 39.0 Å². The molecule has 0 aliphatic rings. The van der Waals surface area contributed by atoms with Gasteiger partial charge in [-0.15, -0.1) is 11.3 Å². The molecular formula is C25H22BrN3O3S2. The number of ether oxygens (including phenoxy) is 1. The van der Waals surface area contributed by atoms with E-state index >= 15 is 0 Å². The zero-order valence-electron chi connectivity index (χ0n) is 18.5. The number of aromatic nitrogens is 1. The molecule has 2 N–H and O–H groups in total. The van der Waals surface area contributed by atoms with Crippen LogP contribution in [0, 0.1) is 0 Å². The first kappa shape index (κ1) is 24.3. The molecule has 0 saturated carbocycles. The molecule has 2 amide bonds. The van der Waals surface area contributed by atoms with Gasteiger partial charge in [0, 0.05) is 15.8 Å². The quantitative estimate of drug-likeness (QED) is 0.233. The second-order valence-corrected chi connectivity index (χ2v) is 10.8. The molecule has 6 nitrogen and oxygen atoms in total. The third kappa shape index (κ3) is 5.97. The number of amides is 2. The van der Waals surface area contributed by atoms with Gasteiger partial charge in [-0.05, 0) is 84.4 Å². The van der Waals surface area contributed by atoms with Crippen molar-refractivity contribution >= 4 is 72.4 Å². The summed E-state index contributed by atoms with van der Waals surface area (Å²) in [7, 11) is 0. The van der Waals surface area contributed by atoms with Crippen LogP contribution in [0.3, 0.4) is 0 Å². The molecule has 1 atom stereocenters. The van der Waals surface area contributed by atoms with E-state index in [4.69, 9.17) is 4.74 Å². The number of fused-ring (bicyclic) bond motifs is 1. The Morgan fingerprint density at radius 3 is 2.53 bits per heavy atom. The van der Waals surface area contributed by atoms with Crippen molar-refractivity contribution in [3.8, 4) is 5.75 Å². The molecule has 4 aromatic rings. The van der Waals surface area contributed by atoms with Gasteiger partial charge in [-0.3, -0.25) is 9.59 Å². The van der Waals surface area contributed by atoms with Gasteiger partial charge in [0.15, 0.2) is 4.34 Å². The van der Waals surface area contributed by atoms with Gasteiger partial charge in [-0.25, -0.2) is 4.98 Å². The summed E-state index contributed by atoms with van der Waals surface area (Å²) in [6.45, 7) is 4.38. The molecule has 3 aromatic carbocycles. The summed E-state index contributed by atoms with van der Waals surface area (Å²) in [5.41, 5.74) is 2.80. The molecule has 1 unspecified atom stereocenters. The van der Waals surface area contributed by atoms with E-state index in [2.05, 4.69) is 31.5 Å². The van der Waals surface area contributed by atoms with Crippen molar-refractivity contribution in [2.45, 2.75) is 23.4 Å². The lowest BCUT2D eigenvalue weighted by atomic mass is 10.2. The first-order valence-corrected chi connectivity index (χ1v) is 13.1. The predicted octanol–water partition coefficient (Wildman–Crippen LogP) is 6.83. The summed E-state index contributed by atoms with van der Waals surface area (Å²) in [5.74, 6) is 0.477. The smallest absolute Gasteiger partial charge is 0.256 e. The Bertz CT molecular complexity index is 1320. The second kappa shape index (κ2) is 11.0. The zero-order valence-corrected chi connectivity index (χ0v) is 21.7. The van der Waals surface area contributed by atoms with E-state index in [9.17, 15) is 9.59 Å². The Kier molecular flexibility index (Phi) is 7.87. The lowest BCUT2D eigenvalue weighted by molar-refractivity contribution is -0.115. The first-order valence-electron chi connectivity index (χ1n) is 10.6. The van der Waals surface area contributed by atoms with E-state index in [1.54, 1.807) is 6.07 Å². The van der Waals surface area contributed by atoms with E-state index in [-0.39, 0.29) is 17.1 Å². The van der Waals surface area contributed by atoms with Crippen molar-refractivity contribution in [3.63, 3.8) is 0 Å². The maximum absolute atomic E-state index is 12.6. The van der Waals surface area contributed by atoms with E-state index in [1.165, 1.54) is 23.1 Å². The number of benzene rings is 3. The maximum atomic E-state index is 12.6. The predicted molar refractivity (Wildman–Crippen MR) is 143 cm³/mol. The molecule has 174 valence electrons. The summed E-state index contributed by atoms with van der Waals surface area (Å²) in [4.78, 5) is 29.9. The minimum absolute atomic E-state index is 0.102. The third-order valence-corrected chi connectivity index (χ3v) is 7.73. The minimum Gasteiger partial charge on any atom is -0.494 e. The summed E-state index contributed by atoms with van der Waals surface area (Å²) >= 11 is 6.30. The van der Waals surface area contributed by atoms with E-state index in [0.717, 1.165) is 30.5 Å². The van der Waals surface area contributed by atoms with Gasteiger partial charge < -0.3 is 15.4 Å². The average molecular weight is 557 g/mol. The van der Waals surface area contributed by atoms with Gasteiger partial charge in [-0.2, -0.15) is 0 Å². The number of carbonyl (C=O) groups excluding carboxylic acids is 2. The SMILES string of the molecule is CCOc1ccc(NC(=O)C(C)Sc2nc3ccc(NC(=O)c4ccccc4Br)cc3s2)cc1. The highest BCUT2D eigenvalue weighted by molar-refractivity contribution is 9.10. The molecule has 1 heterocycles. The Balaban J connectivity index is 1.40. The van der Waals surface area contributed by atoms with Gasteiger partial charge in [0.25, 0.3) is 5.91 Å². The molecule has 0 aliphatic carbocycles. The van der Waals surface area contributed by atoms with Crippen molar-refractivity contribution in [2.75, 3.05) is 17.2 Å². The van der Waals surface area contributed by atoms with Crippen LogP contribution in [0.2, 0.25) is 0 Å². The van der Waals surface area contributed by atoms with E-state index in [1.807, 2.05) is 74.5 Å². The molecule has 0 radical (unpaired) electrons. The summed E-state index contributed by atoms with van der Waals surface area (Å²) < 4.78 is 7.89. The number of rotatable bonds is 8. The normalized spacial score (nSPS) is 11.7. The lowest BCUT2D eigenvalue weighted by Gasteiger charge is -2.11. The Morgan fingerprint density at radius 1 is 1.06 bits per heavy atom. The van der Waals surface area contributed by atoms with Crippen LogP contribution in [0.5, 0.6) is 5.75 Å². The molecule has 1 aromatic heterocycles. The molecule has 34 heavy (non-hydrogen) atoms. The molecule has 0 spiro atoms. The number of hydrogen-bond donors (Lipinski definition) is 2. The second-order valence-electron chi connectivity index (χ2n) is 7.30. The summed E-state index contributed by atoms with van der Waals surface area (Å²) in [5, 5.41) is 5.52. The highest BCUT2D eigenvalue weighted by atomic mass is 79.9. The van der Waals surface area contributed by atoms with Crippen LogP contribution in [-0.2, 0) is 4.79 Å². The standard InChI is InChI=1S/C25H22BrN3O3S2/c1-3-32-18-11-8-16(9-12-18)27-23(30)15(2)33-25-29-21-13-10-17(14-22(21)34-25)28-24(31)19-6-4-5-7-20(19)26/h4-15H,3H2,1-2H3,(H,27,30)(H,28,31). The number of thioether (sulfide) groups is 1. The fourth-order valence-corrected chi connectivity index (χ4v) is 5.84. The average Bonchev–Trinajstić information content (AvgIpc) is 3.22. The third-order valence-electron chi connectivity index (χ3n) is 4.82. The van der Waals surface area contributed by atoms with E-state index < -0.39 is 0 Å².